The maximum absolute atomic E-state index is 14.1. The van der Waals surface area contributed by atoms with Crippen LogP contribution in [0.3, 0.4) is 0 Å². The second kappa shape index (κ2) is 9.27. The van der Waals surface area contributed by atoms with Crippen molar-refractivity contribution >= 4 is 11.5 Å². The number of ketones is 1. The molecule has 0 spiro atoms. The first-order chi connectivity index (χ1) is 19.2. The van der Waals surface area contributed by atoms with E-state index < -0.39 is 5.92 Å². The van der Waals surface area contributed by atoms with Crippen molar-refractivity contribution in [3.05, 3.63) is 107 Å². The summed E-state index contributed by atoms with van der Waals surface area (Å²) in [5.41, 5.74) is 10.8. The zero-order chi connectivity index (χ0) is 28.2. The van der Waals surface area contributed by atoms with E-state index in [0.29, 0.717) is 35.6 Å². The largest absolute Gasteiger partial charge is 0.508 e. The molecule has 2 aromatic heterocycles. The third-order valence-electron chi connectivity index (χ3n) is 7.59. The van der Waals surface area contributed by atoms with E-state index in [2.05, 4.69) is 24.9 Å². The average Bonchev–Trinajstić information content (AvgIpc) is 3.55. The number of anilines is 1. The summed E-state index contributed by atoms with van der Waals surface area (Å²) in [5.74, 6) is 0.210. The average molecular weight is 532 g/mol. The van der Waals surface area contributed by atoms with Crippen molar-refractivity contribution in [1.29, 1.82) is 5.26 Å². The van der Waals surface area contributed by atoms with E-state index in [9.17, 15) is 15.2 Å². The second-order valence-corrected chi connectivity index (χ2v) is 11.0. The molecule has 1 atom stereocenters. The third-order valence-corrected chi connectivity index (χ3v) is 7.59. The fourth-order valence-electron chi connectivity index (χ4n) is 5.97. The summed E-state index contributed by atoms with van der Waals surface area (Å²) in [7, 11) is 0. The van der Waals surface area contributed by atoms with E-state index in [-0.39, 0.29) is 28.3 Å². The van der Waals surface area contributed by atoms with Crippen LogP contribution in [0.1, 0.15) is 43.9 Å². The Morgan fingerprint density at radius 3 is 2.52 bits per heavy atom. The highest BCUT2D eigenvalue weighted by Crippen LogP contribution is 2.51. The zero-order valence-electron chi connectivity index (χ0n) is 22.5. The molecule has 0 saturated carbocycles. The van der Waals surface area contributed by atoms with Crippen molar-refractivity contribution in [2.75, 3.05) is 4.90 Å². The maximum Gasteiger partial charge on any atom is 0.162 e. The lowest BCUT2D eigenvalue weighted by molar-refractivity contribution is -0.118. The Bertz CT molecular complexity index is 1740. The van der Waals surface area contributed by atoms with E-state index in [0.717, 1.165) is 16.9 Å². The van der Waals surface area contributed by atoms with Gasteiger partial charge >= 0.3 is 0 Å². The standard InChI is InChI=1S/C31H29N7O2/c1-19-26(30(36-13-12-34-18-36)38(35-19)20-8-5-4-6-9-20)27-23(17-32)29(33)37(21-10-7-11-22(39)14-21)24-15-31(2,3)16-25(40)28(24)27/h4-14,18,27,39H,15-16,33H2,1-3H3. The first-order valence-electron chi connectivity index (χ1n) is 13.1. The van der Waals surface area contributed by atoms with Gasteiger partial charge in [-0.15, -0.1) is 0 Å². The molecule has 0 radical (unpaired) electrons. The highest BCUT2D eigenvalue weighted by Gasteiger charge is 2.46. The van der Waals surface area contributed by atoms with Crippen LogP contribution >= 0.6 is 0 Å². The number of allylic oxidation sites excluding steroid dienone is 3. The molecule has 9 nitrogen and oxygen atoms in total. The fraction of sp³-hybridized carbons (Fsp3) is 0.226. The molecule has 1 aliphatic heterocycles. The van der Waals surface area contributed by atoms with Crippen LogP contribution in [0.15, 0.2) is 96.0 Å². The Morgan fingerprint density at radius 2 is 1.85 bits per heavy atom. The molecule has 9 heteroatoms. The van der Waals surface area contributed by atoms with E-state index in [1.165, 1.54) is 0 Å². The van der Waals surface area contributed by atoms with Crippen LogP contribution in [0.25, 0.3) is 11.5 Å². The van der Waals surface area contributed by atoms with Gasteiger partial charge in [0.1, 0.15) is 23.7 Å². The lowest BCUT2D eigenvalue weighted by atomic mass is 9.68. The summed E-state index contributed by atoms with van der Waals surface area (Å²) in [6.07, 6.45) is 6.08. The Labute approximate surface area is 232 Å². The number of phenolic OH excluding ortho intramolecular Hbond substituents is 1. The predicted molar refractivity (Wildman–Crippen MR) is 151 cm³/mol. The molecule has 0 fully saturated rings. The fourth-order valence-corrected chi connectivity index (χ4v) is 5.97. The number of rotatable bonds is 4. The van der Waals surface area contributed by atoms with Crippen LogP contribution in [0.5, 0.6) is 5.75 Å². The molecular formula is C31H29N7O2. The van der Waals surface area contributed by atoms with Gasteiger partial charge < -0.3 is 10.8 Å². The highest BCUT2D eigenvalue weighted by atomic mass is 16.3. The molecule has 0 amide bonds. The molecule has 4 aromatic rings. The number of phenols is 1. The number of imidazole rings is 1. The van der Waals surface area contributed by atoms with Crippen LogP contribution in [-0.2, 0) is 4.79 Å². The monoisotopic (exact) mass is 531 g/mol. The maximum atomic E-state index is 14.1. The molecule has 0 bridgehead atoms. The SMILES string of the molecule is Cc1nn(-c2ccccc2)c(-n2ccnc2)c1C1C(C#N)=C(N)N(c2cccc(O)c2)C2=C1C(=O)CC(C)(C)C2. The van der Waals surface area contributed by atoms with Crippen LogP contribution in [-0.4, -0.2) is 30.2 Å². The van der Waals surface area contributed by atoms with Crippen LogP contribution in [0, 0.1) is 23.7 Å². The Kier molecular flexibility index (Phi) is 5.84. The summed E-state index contributed by atoms with van der Waals surface area (Å²) < 4.78 is 3.67. The van der Waals surface area contributed by atoms with E-state index in [4.69, 9.17) is 10.8 Å². The van der Waals surface area contributed by atoms with Gasteiger partial charge in [-0.3, -0.25) is 14.3 Å². The van der Waals surface area contributed by atoms with Crippen LogP contribution in [0.2, 0.25) is 0 Å². The van der Waals surface area contributed by atoms with Gasteiger partial charge in [-0.2, -0.15) is 10.4 Å². The minimum Gasteiger partial charge on any atom is -0.508 e. The number of benzene rings is 2. The number of nitrogens with two attached hydrogens (primary N) is 1. The van der Waals surface area contributed by atoms with Gasteiger partial charge in [0.05, 0.1) is 34.6 Å². The molecule has 1 unspecified atom stereocenters. The van der Waals surface area contributed by atoms with Gasteiger partial charge in [0.15, 0.2) is 5.78 Å². The Hall–Kier alpha value is -5.10. The van der Waals surface area contributed by atoms with Crippen molar-refractivity contribution in [3.8, 4) is 23.3 Å². The molecule has 200 valence electrons. The molecule has 1 aliphatic carbocycles. The van der Waals surface area contributed by atoms with Gasteiger partial charge in [0.25, 0.3) is 0 Å². The molecule has 2 aliphatic rings. The van der Waals surface area contributed by atoms with Gasteiger partial charge in [-0.05, 0) is 43.0 Å². The molecule has 6 rings (SSSR count). The molecule has 2 aromatic carbocycles. The van der Waals surface area contributed by atoms with E-state index in [1.54, 1.807) is 35.6 Å². The van der Waals surface area contributed by atoms with Crippen molar-refractivity contribution in [2.45, 2.75) is 39.5 Å². The molecule has 40 heavy (non-hydrogen) atoms. The van der Waals surface area contributed by atoms with Gasteiger partial charge in [0, 0.05) is 41.7 Å². The number of carbonyl (C=O) groups excluding carboxylic acids is 1. The zero-order valence-corrected chi connectivity index (χ0v) is 22.5. The number of hydrogen-bond donors (Lipinski definition) is 2. The first kappa shape index (κ1) is 25.2. The number of nitrogens with zero attached hydrogens (tertiary/aromatic N) is 6. The molecular weight excluding hydrogens is 502 g/mol. The van der Waals surface area contributed by atoms with Gasteiger partial charge in [0.2, 0.25) is 0 Å². The number of hydrogen-bond acceptors (Lipinski definition) is 7. The topological polar surface area (TPSA) is 126 Å². The normalized spacial score (nSPS) is 18.6. The smallest absolute Gasteiger partial charge is 0.162 e. The summed E-state index contributed by atoms with van der Waals surface area (Å²) in [6.45, 7) is 6.00. The number of carbonyl (C=O) groups is 1. The van der Waals surface area contributed by atoms with Crippen molar-refractivity contribution in [3.63, 3.8) is 0 Å². The highest BCUT2D eigenvalue weighted by molar-refractivity contribution is 6.02. The minimum atomic E-state index is -0.730. The Balaban J connectivity index is 1.68. The summed E-state index contributed by atoms with van der Waals surface area (Å²) in [6, 6.07) is 18.8. The lowest BCUT2D eigenvalue weighted by Crippen LogP contribution is -2.42. The molecule has 3 heterocycles. The van der Waals surface area contributed by atoms with Gasteiger partial charge in [-0.25, -0.2) is 9.67 Å². The van der Waals surface area contributed by atoms with Crippen LogP contribution < -0.4 is 10.6 Å². The number of para-hydroxylation sites is 1. The third kappa shape index (κ3) is 3.96. The summed E-state index contributed by atoms with van der Waals surface area (Å²) in [4.78, 5) is 20.1. The lowest BCUT2D eigenvalue weighted by Gasteiger charge is -2.43. The number of Topliss-reactive ketones (excluding diaryl/α,β-unsaturated/α-hetero) is 1. The first-order valence-corrected chi connectivity index (χ1v) is 13.1. The second-order valence-electron chi connectivity index (χ2n) is 11.0. The van der Waals surface area contributed by atoms with Crippen LogP contribution in [0.4, 0.5) is 5.69 Å². The summed E-state index contributed by atoms with van der Waals surface area (Å²) >= 11 is 0. The molecule has 3 N–H and O–H groups in total. The number of aryl methyl sites for hydroxylation is 1. The summed E-state index contributed by atoms with van der Waals surface area (Å²) in [5, 5.41) is 25.8. The van der Waals surface area contributed by atoms with Crippen molar-refractivity contribution < 1.29 is 9.90 Å². The van der Waals surface area contributed by atoms with E-state index >= 15 is 0 Å². The number of aromatic nitrogens is 4. The van der Waals surface area contributed by atoms with Crippen molar-refractivity contribution in [1.82, 2.24) is 19.3 Å². The number of nitriles is 1. The van der Waals surface area contributed by atoms with Gasteiger partial charge in [-0.1, -0.05) is 38.1 Å². The molecule has 0 saturated heterocycles. The van der Waals surface area contributed by atoms with E-state index in [1.807, 2.05) is 58.8 Å². The number of aromatic hydroxyl groups is 1. The quantitative estimate of drug-likeness (QED) is 0.379. The minimum absolute atomic E-state index is 0.0369. The van der Waals surface area contributed by atoms with Crippen molar-refractivity contribution in [2.24, 2.45) is 11.1 Å². The predicted octanol–water partition coefficient (Wildman–Crippen LogP) is 5.01. The Morgan fingerprint density at radius 1 is 1.10 bits per heavy atom.